The number of sulfonamides is 1. The number of nitrogens with zero attached hydrogens (tertiary/aromatic N) is 1. The van der Waals surface area contributed by atoms with Crippen LogP contribution in [-0.2, 0) is 21.2 Å². The van der Waals surface area contributed by atoms with Crippen LogP contribution in [0.25, 0.3) is 0 Å². The molecule has 7 nitrogen and oxygen atoms in total. The number of para-hydroxylation sites is 1. The third kappa shape index (κ3) is 5.02. The van der Waals surface area contributed by atoms with E-state index in [2.05, 4.69) is 4.72 Å². The summed E-state index contributed by atoms with van der Waals surface area (Å²) >= 11 is 0. The lowest BCUT2D eigenvalue weighted by molar-refractivity contribution is -0.118. The fourth-order valence-electron chi connectivity index (χ4n) is 3.96. The Balaban J connectivity index is 1.61. The molecule has 1 heterocycles. The maximum atomic E-state index is 13.3. The number of amides is 1. The maximum absolute atomic E-state index is 13.3. The van der Waals surface area contributed by atoms with E-state index in [9.17, 15) is 13.2 Å². The zero-order valence-corrected chi connectivity index (χ0v) is 19.3. The van der Waals surface area contributed by atoms with Gasteiger partial charge in [-0.05, 0) is 60.0 Å². The van der Waals surface area contributed by atoms with Crippen LogP contribution in [0, 0.1) is 0 Å². The topological polar surface area (TPSA) is 84.9 Å². The van der Waals surface area contributed by atoms with Gasteiger partial charge >= 0.3 is 0 Å². The van der Waals surface area contributed by atoms with Gasteiger partial charge in [0.2, 0.25) is 15.9 Å². The molecule has 3 aromatic rings. The quantitative estimate of drug-likeness (QED) is 0.547. The average molecular weight is 467 g/mol. The van der Waals surface area contributed by atoms with Gasteiger partial charge < -0.3 is 14.4 Å². The molecule has 3 aromatic carbocycles. The summed E-state index contributed by atoms with van der Waals surface area (Å²) in [5.41, 5.74) is 2.67. The molecule has 0 saturated carbocycles. The summed E-state index contributed by atoms with van der Waals surface area (Å²) in [5, 5.41) is 0. The summed E-state index contributed by atoms with van der Waals surface area (Å²) < 4.78 is 39.3. The first-order chi connectivity index (χ1) is 15.9. The molecule has 1 unspecified atom stereocenters. The van der Waals surface area contributed by atoms with Crippen molar-refractivity contribution in [3.63, 3.8) is 0 Å². The monoisotopic (exact) mass is 466 g/mol. The zero-order valence-electron chi connectivity index (χ0n) is 18.5. The van der Waals surface area contributed by atoms with E-state index in [1.807, 2.05) is 24.3 Å². The summed E-state index contributed by atoms with van der Waals surface area (Å²) in [7, 11) is -0.805. The minimum atomic E-state index is -3.89. The average Bonchev–Trinajstić information content (AvgIpc) is 3.28. The second kappa shape index (κ2) is 9.64. The van der Waals surface area contributed by atoms with Gasteiger partial charge in [0.25, 0.3) is 0 Å². The first kappa shape index (κ1) is 22.8. The number of ether oxygens (including phenoxy) is 2. The number of carbonyl (C=O) groups excluding carboxylic acids is 1. The molecule has 0 aromatic heterocycles. The lowest BCUT2D eigenvalue weighted by Crippen LogP contribution is -2.35. The highest BCUT2D eigenvalue weighted by Crippen LogP contribution is 2.30. The molecule has 1 N–H and O–H groups in total. The predicted molar refractivity (Wildman–Crippen MR) is 126 cm³/mol. The first-order valence-corrected chi connectivity index (χ1v) is 12.1. The van der Waals surface area contributed by atoms with Crippen LogP contribution in [-0.4, -0.2) is 35.1 Å². The molecule has 172 valence electrons. The van der Waals surface area contributed by atoms with Crippen molar-refractivity contribution in [1.29, 1.82) is 0 Å². The zero-order chi connectivity index (χ0) is 23.4. The number of methoxy groups -OCH3 is 2. The van der Waals surface area contributed by atoms with Crippen LogP contribution >= 0.6 is 0 Å². The van der Waals surface area contributed by atoms with Gasteiger partial charge in [0.15, 0.2) is 0 Å². The molecule has 1 atom stereocenters. The second-order valence-corrected chi connectivity index (χ2v) is 9.46. The summed E-state index contributed by atoms with van der Waals surface area (Å²) in [6, 6.07) is 20.2. The van der Waals surface area contributed by atoms with E-state index in [0.29, 0.717) is 23.6 Å². The molecule has 0 aliphatic carbocycles. The maximum Gasteiger partial charge on any atom is 0.241 e. The van der Waals surface area contributed by atoms with E-state index < -0.39 is 16.1 Å². The van der Waals surface area contributed by atoms with Gasteiger partial charge in [-0.25, -0.2) is 13.1 Å². The molecular weight excluding hydrogens is 440 g/mol. The number of hydrogen-bond acceptors (Lipinski definition) is 5. The van der Waals surface area contributed by atoms with Crippen molar-refractivity contribution in [3.05, 3.63) is 83.9 Å². The number of anilines is 1. The molecular formula is C25H26N2O5S. The Bertz CT molecular complexity index is 1220. The largest absolute Gasteiger partial charge is 0.497 e. The van der Waals surface area contributed by atoms with Crippen LogP contribution in [0.15, 0.2) is 77.7 Å². The van der Waals surface area contributed by atoms with Crippen LogP contribution in [0.3, 0.4) is 0 Å². The SMILES string of the molecule is COc1ccc(C(CC(=O)N2CCc3ccccc32)NS(=O)(=O)c2ccc(OC)cc2)cc1. The van der Waals surface area contributed by atoms with Gasteiger partial charge in [0, 0.05) is 18.7 Å². The molecule has 0 fully saturated rings. The van der Waals surface area contributed by atoms with E-state index >= 15 is 0 Å². The molecule has 0 spiro atoms. The standard InChI is InChI=1S/C25H26N2O5S/c1-31-20-9-7-18(8-10-20)23(26-33(29,30)22-13-11-21(32-2)12-14-22)17-25(28)27-16-15-19-5-3-4-6-24(19)27/h3-14,23,26H,15-17H2,1-2H3. The summed E-state index contributed by atoms with van der Waals surface area (Å²) in [5.74, 6) is 1.07. The van der Waals surface area contributed by atoms with Gasteiger partial charge in [-0.3, -0.25) is 4.79 Å². The molecule has 8 heteroatoms. The number of carbonyl (C=O) groups is 1. The molecule has 0 bridgehead atoms. The lowest BCUT2D eigenvalue weighted by Gasteiger charge is -2.23. The van der Waals surface area contributed by atoms with Crippen molar-refractivity contribution < 1.29 is 22.7 Å². The summed E-state index contributed by atoms with van der Waals surface area (Å²) in [4.78, 5) is 15.1. The van der Waals surface area contributed by atoms with Crippen molar-refractivity contribution in [2.45, 2.75) is 23.8 Å². The van der Waals surface area contributed by atoms with E-state index in [-0.39, 0.29) is 17.2 Å². The van der Waals surface area contributed by atoms with Crippen LogP contribution in [0.5, 0.6) is 11.5 Å². The molecule has 33 heavy (non-hydrogen) atoms. The van der Waals surface area contributed by atoms with E-state index in [1.54, 1.807) is 48.4 Å². The Hall–Kier alpha value is -3.36. The van der Waals surface area contributed by atoms with Crippen molar-refractivity contribution in [3.8, 4) is 11.5 Å². The minimum Gasteiger partial charge on any atom is -0.497 e. The van der Waals surface area contributed by atoms with Crippen molar-refractivity contribution in [2.75, 3.05) is 25.7 Å². The third-order valence-corrected chi connectivity index (χ3v) is 7.24. The van der Waals surface area contributed by atoms with E-state index in [4.69, 9.17) is 9.47 Å². The van der Waals surface area contributed by atoms with Gasteiger partial charge in [0.1, 0.15) is 11.5 Å². The van der Waals surface area contributed by atoms with E-state index in [0.717, 1.165) is 17.7 Å². The molecule has 1 aliphatic heterocycles. The van der Waals surface area contributed by atoms with Crippen LogP contribution in [0.1, 0.15) is 23.6 Å². The normalized spacial score (nSPS) is 13.9. The van der Waals surface area contributed by atoms with Crippen molar-refractivity contribution >= 4 is 21.6 Å². The lowest BCUT2D eigenvalue weighted by atomic mass is 10.0. The second-order valence-electron chi connectivity index (χ2n) is 7.75. The van der Waals surface area contributed by atoms with Crippen molar-refractivity contribution in [1.82, 2.24) is 4.72 Å². The van der Waals surface area contributed by atoms with Gasteiger partial charge in [-0.1, -0.05) is 30.3 Å². The number of benzene rings is 3. The van der Waals surface area contributed by atoms with Crippen LogP contribution in [0.2, 0.25) is 0 Å². The Morgan fingerprint density at radius 2 is 1.55 bits per heavy atom. The fourth-order valence-corrected chi connectivity index (χ4v) is 5.18. The number of nitrogens with one attached hydrogen (secondary N) is 1. The Labute approximate surface area is 194 Å². The predicted octanol–water partition coefficient (Wildman–Crippen LogP) is 3.70. The van der Waals surface area contributed by atoms with Crippen LogP contribution in [0.4, 0.5) is 5.69 Å². The van der Waals surface area contributed by atoms with Crippen molar-refractivity contribution in [2.24, 2.45) is 0 Å². The Morgan fingerprint density at radius 3 is 2.18 bits per heavy atom. The summed E-state index contributed by atoms with van der Waals surface area (Å²) in [6.45, 7) is 0.582. The van der Waals surface area contributed by atoms with Crippen LogP contribution < -0.4 is 19.1 Å². The molecule has 1 amide bonds. The Morgan fingerprint density at radius 1 is 0.939 bits per heavy atom. The highest BCUT2D eigenvalue weighted by molar-refractivity contribution is 7.89. The molecule has 0 saturated heterocycles. The first-order valence-electron chi connectivity index (χ1n) is 10.6. The highest BCUT2D eigenvalue weighted by atomic mass is 32.2. The van der Waals surface area contributed by atoms with Gasteiger partial charge in [-0.2, -0.15) is 0 Å². The molecule has 4 rings (SSSR count). The van der Waals surface area contributed by atoms with E-state index in [1.165, 1.54) is 19.2 Å². The molecule has 0 radical (unpaired) electrons. The Kier molecular flexibility index (Phi) is 6.67. The smallest absolute Gasteiger partial charge is 0.241 e. The third-order valence-electron chi connectivity index (χ3n) is 5.75. The number of rotatable bonds is 8. The minimum absolute atomic E-state index is 0.0178. The number of hydrogen-bond donors (Lipinski definition) is 1. The molecule has 1 aliphatic rings. The highest BCUT2D eigenvalue weighted by Gasteiger charge is 2.29. The van der Waals surface area contributed by atoms with Gasteiger partial charge in [-0.15, -0.1) is 0 Å². The fraction of sp³-hybridized carbons (Fsp3) is 0.240. The van der Waals surface area contributed by atoms with Gasteiger partial charge in [0.05, 0.1) is 25.2 Å². The number of fused-ring (bicyclic) bond motifs is 1. The summed E-state index contributed by atoms with van der Waals surface area (Å²) in [6.07, 6.45) is 0.767.